The Morgan fingerprint density at radius 2 is 1.77 bits per heavy atom. The van der Waals surface area contributed by atoms with Crippen LogP contribution in [0.15, 0.2) is 12.3 Å². The second kappa shape index (κ2) is 10.1. The number of Topliss-reactive ketones (excluding diaryl/α,β-unsaturated/α-hetero) is 1. The molecule has 0 aromatic carbocycles. The third kappa shape index (κ3) is 7.36. The fraction of sp³-hybridized carbons (Fsp3) is 0.688. The quantitative estimate of drug-likeness (QED) is 0.500. The van der Waals surface area contributed by atoms with E-state index in [0.717, 1.165) is 13.1 Å². The van der Waals surface area contributed by atoms with Crippen LogP contribution in [-0.4, -0.2) is 60.2 Å². The van der Waals surface area contributed by atoms with Crippen molar-refractivity contribution < 1.29 is 19.1 Å². The van der Waals surface area contributed by atoms with E-state index in [1.165, 1.54) is 13.2 Å². The standard InChI is InChI=1S/C16H26N2O4/c1-3-15(20)6-4-7-16(21)18-11-9-17(10-12-18)8-5-13-22-14(2)19/h5,13H,3-4,6-12H2,1-2H3/b13-5+. The molecule has 1 rings (SSSR count). The fourth-order valence-electron chi connectivity index (χ4n) is 2.29. The Morgan fingerprint density at radius 1 is 1.09 bits per heavy atom. The van der Waals surface area contributed by atoms with E-state index in [-0.39, 0.29) is 17.7 Å². The van der Waals surface area contributed by atoms with Crippen molar-refractivity contribution in [3.05, 3.63) is 12.3 Å². The topological polar surface area (TPSA) is 66.9 Å². The first-order valence-corrected chi connectivity index (χ1v) is 7.87. The van der Waals surface area contributed by atoms with Gasteiger partial charge in [0.05, 0.1) is 6.26 Å². The van der Waals surface area contributed by atoms with Crippen LogP contribution in [-0.2, 0) is 19.1 Å². The molecule has 0 spiro atoms. The van der Waals surface area contributed by atoms with Crippen molar-refractivity contribution in [1.82, 2.24) is 9.80 Å². The van der Waals surface area contributed by atoms with Crippen LogP contribution in [0.1, 0.15) is 39.5 Å². The Hall–Kier alpha value is -1.69. The summed E-state index contributed by atoms with van der Waals surface area (Å²) in [5.41, 5.74) is 0. The third-order valence-electron chi connectivity index (χ3n) is 3.66. The van der Waals surface area contributed by atoms with Gasteiger partial charge in [-0.2, -0.15) is 0 Å². The van der Waals surface area contributed by atoms with Gasteiger partial charge in [0.15, 0.2) is 0 Å². The summed E-state index contributed by atoms with van der Waals surface area (Å²) in [4.78, 5) is 37.9. The number of amides is 1. The van der Waals surface area contributed by atoms with E-state index < -0.39 is 0 Å². The van der Waals surface area contributed by atoms with Gasteiger partial charge in [-0.1, -0.05) is 6.92 Å². The van der Waals surface area contributed by atoms with Gasteiger partial charge < -0.3 is 9.64 Å². The van der Waals surface area contributed by atoms with Gasteiger partial charge in [0.25, 0.3) is 0 Å². The van der Waals surface area contributed by atoms with Crippen molar-refractivity contribution in [2.45, 2.75) is 39.5 Å². The Morgan fingerprint density at radius 3 is 2.36 bits per heavy atom. The molecule has 0 N–H and O–H groups in total. The van der Waals surface area contributed by atoms with Crippen LogP contribution in [0.3, 0.4) is 0 Å². The number of ether oxygens (including phenoxy) is 1. The smallest absolute Gasteiger partial charge is 0.307 e. The summed E-state index contributed by atoms with van der Waals surface area (Å²) >= 11 is 0. The lowest BCUT2D eigenvalue weighted by Crippen LogP contribution is -2.48. The van der Waals surface area contributed by atoms with Crippen molar-refractivity contribution in [1.29, 1.82) is 0 Å². The molecule has 0 radical (unpaired) electrons. The first-order valence-electron chi connectivity index (χ1n) is 7.87. The highest BCUT2D eigenvalue weighted by Gasteiger charge is 2.20. The molecule has 1 fully saturated rings. The Kier molecular flexibility index (Phi) is 8.43. The predicted octanol–water partition coefficient (Wildman–Crippen LogP) is 1.36. The number of piperazine rings is 1. The van der Waals surface area contributed by atoms with E-state index in [1.807, 2.05) is 11.8 Å². The molecule has 6 heteroatoms. The molecule has 1 heterocycles. The van der Waals surface area contributed by atoms with Crippen molar-refractivity contribution in [2.24, 2.45) is 0 Å². The van der Waals surface area contributed by atoms with E-state index in [4.69, 9.17) is 4.74 Å². The van der Waals surface area contributed by atoms with Gasteiger partial charge in [0, 0.05) is 58.9 Å². The lowest BCUT2D eigenvalue weighted by atomic mass is 10.1. The Labute approximate surface area is 132 Å². The van der Waals surface area contributed by atoms with Crippen LogP contribution in [0.4, 0.5) is 0 Å². The highest BCUT2D eigenvalue weighted by molar-refractivity contribution is 5.80. The van der Waals surface area contributed by atoms with Gasteiger partial charge in [0.2, 0.25) is 5.91 Å². The number of rotatable bonds is 8. The molecule has 0 aliphatic carbocycles. The predicted molar refractivity (Wildman–Crippen MR) is 83.1 cm³/mol. The molecule has 1 saturated heterocycles. The number of ketones is 1. The van der Waals surface area contributed by atoms with Crippen LogP contribution >= 0.6 is 0 Å². The van der Waals surface area contributed by atoms with Gasteiger partial charge >= 0.3 is 5.97 Å². The molecule has 0 aromatic heterocycles. The Balaban J connectivity index is 2.18. The molecule has 0 unspecified atom stereocenters. The highest BCUT2D eigenvalue weighted by Crippen LogP contribution is 2.07. The molecule has 1 aliphatic heterocycles. The maximum absolute atomic E-state index is 12.0. The van der Waals surface area contributed by atoms with Crippen molar-refractivity contribution in [3.63, 3.8) is 0 Å². The highest BCUT2D eigenvalue weighted by atomic mass is 16.5. The third-order valence-corrected chi connectivity index (χ3v) is 3.66. The average molecular weight is 310 g/mol. The van der Waals surface area contributed by atoms with Crippen molar-refractivity contribution in [2.75, 3.05) is 32.7 Å². The minimum Gasteiger partial charge on any atom is -0.435 e. The van der Waals surface area contributed by atoms with Crippen LogP contribution < -0.4 is 0 Å². The zero-order chi connectivity index (χ0) is 16.4. The van der Waals surface area contributed by atoms with Crippen LogP contribution in [0.25, 0.3) is 0 Å². The summed E-state index contributed by atoms with van der Waals surface area (Å²) < 4.78 is 4.73. The van der Waals surface area contributed by atoms with E-state index in [0.29, 0.717) is 45.3 Å². The van der Waals surface area contributed by atoms with Crippen molar-refractivity contribution >= 4 is 17.7 Å². The zero-order valence-electron chi connectivity index (χ0n) is 13.5. The molecule has 0 atom stereocenters. The normalized spacial score (nSPS) is 16.0. The minimum absolute atomic E-state index is 0.138. The second-order valence-corrected chi connectivity index (χ2v) is 5.41. The summed E-state index contributed by atoms with van der Waals surface area (Å²) in [5, 5.41) is 0. The number of esters is 1. The molecular weight excluding hydrogens is 284 g/mol. The first kappa shape index (κ1) is 18.4. The van der Waals surface area contributed by atoms with E-state index in [9.17, 15) is 14.4 Å². The molecule has 124 valence electrons. The lowest BCUT2D eigenvalue weighted by Gasteiger charge is -2.34. The molecule has 0 aromatic rings. The lowest BCUT2D eigenvalue weighted by molar-refractivity contribution is -0.135. The maximum atomic E-state index is 12.0. The SMILES string of the molecule is CCC(=O)CCCC(=O)N1CCN(C/C=C/OC(C)=O)CC1. The van der Waals surface area contributed by atoms with E-state index >= 15 is 0 Å². The summed E-state index contributed by atoms with van der Waals surface area (Å²) in [6, 6.07) is 0. The van der Waals surface area contributed by atoms with Gasteiger partial charge in [0.1, 0.15) is 5.78 Å². The molecule has 0 saturated carbocycles. The monoisotopic (exact) mass is 310 g/mol. The Bertz CT molecular complexity index is 412. The zero-order valence-corrected chi connectivity index (χ0v) is 13.5. The first-order chi connectivity index (χ1) is 10.5. The summed E-state index contributed by atoms with van der Waals surface area (Å²) in [5.74, 6) is 0.0319. The fourth-order valence-corrected chi connectivity index (χ4v) is 2.29. The summed E-state index contributed by atoms with van der Waals surface area (Å²) in [7, 11) is 0. The van der Waals surface area contributed by atoms with E-state index in [2.05, 4.69) is 4.90 Å². The van der Waals surface area contributed by atoms with Crippen molar-refractivity contribution in [3.8, 4) is 0 Å². The van der Waals surface area contributed by atoms with E-state index in [1.54, 1.807) is 6.08 Å². The summed E-state index contributed by atoms with van der Waals surface area (Å²) in [6.45, 7) is 6.96. The average Bonchev–Trinajstić information content (AvgIpc) is 2.51. The van der Waals surface area contributed by atoms with Crippen LogP contribution in [0.5, 0.6) is 0 Å². The molecule has 1 aliphatic rings. The maximum Gasteiger partial charge on any atom is 0.307 e. The molecular formula is C16H26N2O4. The van der Waals surface area contributed by atoms with Crippen LogP contribution in [0, 0.1) is 0 Å². The van der Waals surface area contributed by atoms with Crippen LogP contribution in [0.2, 0.25) is 0 Å². The molecule has 6 nitrogen and oxygen atoms in total. The number of nitrogens with zero attached hydrogens (tertiary/aromatic N) is 2. The van der Waals surface area contributed by atoms with Gasteiger partial charge in [-0.15, -0.1) is 0 Å². The van der Waals surface area contributed by atoms with Gasteiger partial charge in [-0.25, -0.2) is 0 Å². The number of hydrogen-bond donors (Lipinski definition) is 0. The number of carbonyl (C=O) groups is 3. The van der Waals surface area contributed by atoms with Gasteiger partial charge in [-0.05, 0) is 12.5 Å². The number of carbonyl (C=O) groups excluding carboxylic acids is 3. The molecule has 1 amide bonds. The van der Waals surface area contributed by atoms with Gasteiger partial charge in [-0.3, -0.25) is 19.3 Å². The largest absolute Gasteiger partial charge is 0.435 e. The second-order valence-electron chi connectivity index (χ2n) is 5.41. The minimum atomic E-state index is -0.326. The number of hydrogen-bond acceptors (Lipinski definition) is 5. The summed E-state index contributed by atoms with van der Waals surface area (Å²) in [6.07, 6.45) is 5.37. The molecule has 22 heavy (non-hydrogen) atoms. The molecule has 0 bridgehead atoms.